The highest BCUT2D eigenvalue weighted by atomic mass is 16.6. The zero-order chi connectivity index (χ0) is 18.4. The number of fused-ring (bicyclic) bond motifs is 2. The van der Waals surface area contributed by atoms with Crippen LogP contribution in [0.2, 0.25) is 0 Å². The maximum atomic E-state index is 12.8. The number of amides is 2. The first-order valence-corrected chi connectivity index (χ1v) is 8.51. The first kappa shape index (κ1) is 17.7. The Labute approximate surface area is 146 Å². The number of nitrogens with zero attached hydrogens (tertiary/aromatic N) is 2. The molecule has 8 heteroatoms. The van der Waals surface area contributed by atoms with Gasteiger partial charge in [0.2, 0.25) is 5.91 Å². The van der Waals surface area contributed by atoms with Crippen LogP contribution in [0, 0.1) is 11.8 Å². The van der Waals surface area contributed by atoms with Crippen LogP contribution in [0.4, 0.5) is 4.79 Å². The summed E-state index contributed by atoms with van der Waals surface area (Å²) in [7, 11) is 0. The van der Waals surface area contributed by atoms with Crippen LogP contribution in [0.1, 0.15) is 20.8 Å². The average Bonchev–Trinajstić information content (AvgIpc) is 3.13. The molecule has 138 valence electrons. The number of piperazine rings is 1. The molecule has 2 saturated heterocycles. The molecule has 3 aliphatic heterocycles. The number of carbonyl (C=O) groups excluding carboxylic acids is 2. The van der Waals surface area contributed by atoms with Gasteiger partial charge in [-0.05, 0) is 20.8 Å². The third-order valence-electron chi connectivity index (χ3n) is 4.71. The first-order valence-electron chi connectivity index (χ1n) is 8.51. The van der Waals surface area contributed by atoms with E-state index in [0.717, 1.165) is 0 Å². The Morgan fingerprint density at radius 2 is 1.52 bits per heavy atom. The lowest BCUT2D eigenvalue weighted by molar-refractivity contribution is -0.150. The van der Waals surface area contributed by atoms with E-state index in [0.29, 0.717) is 26.2 Å². The molecule has 0 saturated carbocycles. The Bertz CT molecular complexity index is 603. The van der Waals surface area contributed by atoms with Crippen molar-refractivity contribution in [2.45, 2.75) is 38.6 Å². The van der Waals surface area contributed by atoms with Gasteiger partial charge in [0.1, 0.15) is 11.5 Å². The Hall–Kier alpha value is -2.09. The second kappa shape index (κ2) is 6.33. The molecule has 3 rings (SSSR count). The molecular weight excluding hydrogens is 328 g/mol. The zero-order valence-corrected chi connectivity index (χ0v) is 14.7. The molecule has 25 heavy (non-hydrogen) atoms. The molecule has 0 aromatic heterocycles. The molecule has 0 aromatic carbocycles. The van der Waals surface area contributed by atoms with Crippen LogP contribution in [-0.4, -0.2) is 76.9 Å². The summed E-state index contributed by atoms with van der Waals surface area (Å²) in [6.45, 7) is 6.88. The molecular formula is C17H24N2O6. The number of carboxylic acids is 1. The molecule has 4 atom stereocenters. The fraction of sp³-hybridized carbons (Fsp3) is 0.706. The van der Waals surface area contributed by atoms with Gasteiger partial charge in [0.05, 0.1) is 18.1 Å². The van der Waals surface area contributed by atoms with Crippen molar-refractivity contribution in [2.75, 3.05) is 26.2 Å². The summed E-state index contributed by atoms with van der Waals surface area (Å²) in [5, 5.41) is 9.42. The van der Waals surface area contributed by atoms with Crippen molar-refractivity contribution in [3.8, 4) is 0 Å². The Morgan fingerprint density at radius 3 is 2.04 bits per heavy atom. The number of rotatable bonds is 2. The molecule has 3 aliphatic rings. The van der Waals surface area contributed by atoms with Crippen LogP contribution in [0.5, 0.6) is 0 Å². The highest BCUT2D eigenvalue weighted by molar-refractivity contribution is 5.87. The molecule has 0 aliphatic carbocycles. The lowest BCUT2D eigenvalue weighted by Crippen LogP contribution is -2.54. The molecule has 2 bridgehead atoms. The highest BCUT2D eigenvalue weighted by Gasteiger charge is 2.54. The molecule has 0 radical (unpaired) electrons. The molecule has 1 N–H and O–H groups in total. The van der Waals surface area contributed by atoms with Crippen LogP contribution in [0.3, 0.4) is 0 Å². The first-order chi connectivity index (χ1) is 11.7. The van der Waals surface area contributed by atoms with Crippen LogP contribution in [0.15, 0.2) is 12.2 Å². The summed E-state index contributed by atoms with van der Waals surface area (Å²) in [6, 6.07) is 0. The fourth-order valence-corrected chi connectivity index (χ4v) is 3.54. The zero-order valence-electron chi connectivity index (χ0n) is 14.7. The molecule has 2 amide bonds. The van der Waals surface area contributed by atoms with Crippen molar-refractivity contribution in [3.05, 3.63) is 12.2 Å². The van der Waals surface area contributed by atoms with E-state index in [2.05, 4.69) is 0 Å². The van der Waals surface area contributed by atoms with Crippen molar-refractivity contribution in [3.63, 3.8) is 0 Å². The summed E-state index contributed by atoms with van der Waals surface area (Å²) < 4.78 is 10.9. The van der Waals surface area contributed by atoms with Gasteiger partial charge in [-0.25, -0.2) is 4.79 Å². The van der Waals surface area contributed by atoms with Gasteiger partial charge in [0, 0.05) is 26.2 Å². The fourth-order valence-electron chi connectivity index (χ4n) is 3.54. The van der Waals surface area contributed by atoms with Gasteiger partial charge in [-0.15, -0.1) is 0 Å². The summed E-state index contributed by atoms with van der Waals surface area (Å²) >= 11 is 0. The predicted octanol–water partition coefficient (Wildman–Crippen LogP) is 0.720. The smallest absolute Gasteiger partial charge is 0.410 e. The van der Waals surface area contributed by atoms with Crippen LogP contribution >= 0.6 is 0 Å². The molecule has 2 fully saturated rings. The van der Waals surface area contributed by atoms with Gasteiger partial charge in [0.15, 0.2) is 0 Å². The summed E-state index contributed by atoms with van der Waals surface area (Å²) in [6.07, 6.45) is 2.09. The second-order valence-electron chi connectivity index (χ2n) is 7.63. The van der Waals surface area contributed by atoms with Gasteiger partial charge in [0.25, 0.3) is 0 Å². The SMILES string of the molecule is CC(C)(C)OC(=O)N1CCN(C(=O)C2C(C(=O)O)[C@H]3C=C[C@@H]2O3)CC1. The number of hydrogen-bond acceptors (Lipinski definition) is 5. The minimum absolute atomic E-state index is 0.215. The molecule has 0 spiro atoms. The van der Waals surface area contributed by atoms with E-state index in [1.807, 2.05) is 0 Å². The maximum Gasteiger partial charge on any atom is 0.410 e. The third-order valence-corrected chi connectivity index (χ3v) is 4.71. The lowest BCUT2D eigenvalue weighted by atomic mass is 9.82. The van der Waals surface area contributed by atoms with Crippen LogP contribution in [-0.2, 0) is 19.1 Å². The van der Waals surface area contributed by atoms with Crippen molar-refractivity contribution < 1.29 is 29.0 Å². The van der Waals surface area contributed by atoms with E-state index in [9.17, 15) is 19.5 Å². The van der Waals surface area contributed by atoms with Crippen LogP contribution < -0.4 is 0 Å². The van der Waals surface area contributed by atoms with Gasteiger partial charge < -0.3 is 24.4 Å². The van der Waals surface area contributed by atoms with E-state index in [1.54, 1.807) is 42.7 Å². The highest BCUT2D eigenvalue weighted by Crippen LogP contribution is 2.40. The van der Waals surface area contributed by atoms with Gasteiger partial charge >= 0.3 is 12.1 Å². The van der Waals surface area contributed by atoms with Crippen molar-refractivity contribution in [1.29, 1.82) is 0 Å². The molecule has 0 aromatic rings. The number of aliphatic carboxylic acids is 1. The molecule has 3 heterocycles. The second-order valence-corrected chi connectivity index (χ2v) is 7.63. The van der Waals surface area contributed by atoms with E-state index >= 15 is 0 Å². The van der Waals surface area contributed by atoms with Gasteiger partial charge in [-0.2, -0.15) is 0 Å². The van der Waals surface area contributed by atoms with Crippen LogP contribution in [0.25, 0.3) is 0 Å². The Kier molecular flexibility index (Phi) is 4.49. The predicted molar refractivity (Wildman–Crippen MR) is 86.8 cm³/mol. The standard InChI is InChI=1S/C17H24N2O6/c1-17(2,3)25-16(23)19-8-6-18(7-9-19)14(20)12-10-4-5-11(24-10)13(12)15(21)22/h4-5,10-13H,6-9H2,1-3H3,(H,21,22)/t10-,11+,12?,13?/m0/s1. The monoisotopic (exact) mass is 352 g/mol. The van der Waals surface area contributed by atoms with E-state index < -0.39 is 41.7 Å². The molecule has 2 unspecified atom stereocenters. The summed E-state index contributed by atoms with van der Waals surface area (Å²) in [5.74, 6) is -2.76. The van der Waals surface area contributed by atoms with E-state index in [4.69, 9.17) is 9.47 Å². The number of ether oxygens (including phenoxy) is 2. The lowest BCUT2D eigenvalue weighted by Gasteiger charge is -2.37. The van der Waals surface area contributed by atoms with Gasteiger partial charge in [-0.1, -0.05) is 12.2 Å². The molecule has 8 nitrogen and oxygen atoms in total. The minimum atomic E-state index is -1.01. The topological polar surface area (TPSA) is 96.4 Å². The maximum absolute atomic E-state index is 12.8. The number of hydrogen-bond donors (Lipinski definition) is 1. The quantitative estimate of drug-likeness (QED) is 0.736. The van der Waals surface area contributed by atoms with Crippen molar-refractivity contribution >= 4 is 18.0 Å². The number of carboxylic acid groups (broad SMARTS) is 1. The van der Waals surface area contributed by atoms with E-state index in [1.165, 1.54) is 0 Å². The average molecular weight is 352 g/mol. The number of carbonyl (C=O) groups is 3. The third kappa shape index (κ3) is 3.49. The summed E-state index contributed by atoms with van der Waals surface area (Å²) in [5.41, 5.74) is -0.564. The Balaban J connectivity index is 1.60. The van der Waals surface area contributed by atoms with E-state index in [-0.39, 0.29) is 5.91 Å². The Morgan fingerprint density at radius 1 is 1.00 bits per heavy atom. The minimum Gasteiger partial charge on any atom is -0.481 e. The van der Waals surface area contributed by atoms with Crippen molar-refractivity contribution in [1.82, 2.24) is 9.80 Å². The summed E-state index contributed by atoms with van der Waals surface area (Å²) in [4.78, 5) is 39.6. The van der Waals surface area contributed by atoms with Crippen molar-refractivity contribution in [2.24, 2.45) is 11.8 Å². The largest absolute Gasteiger partial charge is 0.481 e. The van der Waals surface area contributed by atoms with Gasteiger partial charge in [-0.3, -0.25) is 9.59 Å². The normalized spacial score (nSPS) is 31.3.